The second-order valence-corrected chi connectivity index (χ2v) is 15.1. The second-order valence-electron chi connectivity index (χ2n) is 13.6. The summed E-state index contributed by atoms with van der Waals surface area (Å²) in [6.07, 6.45) is 35.1. The zero-order chi connectivity index (χ0) is 40.1. The predicted molar refractivity (Wildman–Crippen MR) is 214 cm³/mol. The van der Waals surface area contributed by atoms with Crippen molar-refractivity contribution in [1.29, 1.82) is 0 Å². The van der Waals surface area contributed by atoms with Gasteiger partial charge >= 0.3 is 25.7 Å². The summed E-state index contributed by atoms with van der Waals surface area (Å²) < 4.78 is 32.5. The van der Waals surface area contributed by atoms with Gasteiger partial charge in [-0.05, 0) is 38.5 Å². The van der Waals surface area contributed by atoms with E-state index in [1.165, 1.54) is 51.4 Å². The molecule has 0 aliphatic rings. The molecule has 0 amide bonds. The summed E-state index contributed by atoms with van der Waals surface area (Å²) in [7, 11) is -4.73. The minimum Gasteiger partial charge on any atom is -0.480 e. The summed E-state index contributed by atoms with van der Waals surface area (Å²) in [6.45, 7) is 2.59. The molecule has 0 aromatic heterocycles. The smallest absolute Gasteiger partial charge is 0.472 e. The number of allylic oxidation sites excluding steroid dienone is 7. The van der Waals surface area contributed by atoms with Crippen LogP contribution in [0, 0.1) is 0 Å². The third-order valence-corrected chi connectivity index (χ3v) is 9.38. The Morgan fingerprint density at radius 1 is 0.667 bits per heavy atom. The van der Waals surface area contributed by atoms with Crippen LogP contribution in [0.3, 0.4) is 0 Å². The number of unbranched alkanes of at least 4 members (excludes halogenated alkanes) is 14. The monoisotopic (exact) mass is 785 g/mol. The van der Waals surface area contributed by atoms with Gasteiger partial charge < -0.3 is 30.3 Å². The van der Waals surface area contributed by atoms with Crippen LogP contribution in [-0.2, 0) is 37.5 Å². The van der Waals surface area contributed by atoms with Crippen molar-refractivity contribution in [3.63, 3.8) is 0 Å². The standard InChI is InChI=1S/C41H72NO11P/c1-3-5-7-8-9-10-11-14-18-21-24-28-32-40(45)53-37(34-51-54(48,49)52-35-38(42)41(46)47)33-50-39(44)31-27-23-20-17-15-12-13-16-19-22-26-30-36(43)29-25-6-4-2/h12-13,17,19-20,22,26,30,36-38,43H,3-11,14-16,18,21,23-25,27-29,31-35,42H2,1-2H3,(H,46,47)(H,48,49)/b13-12-,20-17-,22-19-,30-26+/t36-,37-,38+/m1/s1. The first-order valence-corrected chi connectivity index (χ1v) is 21.8. The van der Waals surface area contributed by atoms with Gasteiger partial charge in [-0.3, -0.25) is 23.4 Å². The van der Waals surface area contributed by atoms with Crippen molar-refractivity contribution in [2.75, 3.05) is 19.8 Å². The molecule has 4 atom stereocenters. The van der Waals surface area contributed by atoms with Gasteiger partial charge in [0.25, 0.3) is 0 Å². The number of carbonyl (C=O) groups is 3. The van der Waals surface area contributed by atoms with E-state index in [0.29, 0.717) is 19.3 Å². The van der Waals surface area contributed by atoms with E-state index in [0.717, 1.165) is 57.8 Å². The lowest BCUT2D eigenvalue weighted by Crippen LogP contribution is -2.34. The van der Waals surface area contributed by atoms with Gasteiger partial charge in [0.05, 0.1) is 19.3 Å². The van der Waals surface area contributed by atoms with E-state index in [1.54, 1.807) is 0 Å². The molecule has 0 saturated heterocycles. The van der Waals surface area contributed by atoms with Gasteiger partial charge in [-0.2, -0.15) is 0 Å². The summed E-state index contributed by atoms with van der Waals surface area (Å²) in [5, 5.41) is 18.7. The van der Waals surface area contributed by atoms with Crippen molar-refractivity contribution >= 4 is 25.7 Å². The topological polar surface area (TPSA) is 192 Å². The molecular formula is C41H72NO11P. The lowest BCUT2D eigenvalue weighted by molar-refractivity contribution is -0.161. The number of hydrogen-bond acceptors (Lipinski definition) is 10. The van der Waals surface area contributed by atoms with E-state index < -0.39 is 57.2 Å². The maximum Gasteiger partial charge on any atom is 0.472 e. The molecule has 1 unspecified atom stereocenters. The molecule has 0 aromatic carbocycles. The molecule has 0 spiro atoms. The average Bonchev–Trinajstić information content (AvgIpc) is 3.14. The maximum absolute atomic E-state index is 12.6. The molecule has 54 heavy (non-hydrogen) atoms. The van der Waals surface area contributed by atoms with Crippen LogP contribution in [0.4, 0.5) is 0 Å². The zero-order valence-electron chi connectivity index (χ0n) is 33.2. The number of aliphatic hydroxyl groups excluding tert-OH is 1. The number of carbonyl (C=O) groups excluding carboxylic acids is 2. The Hall–Kier alpha value is -2.60. The summed E-state index contributed by atoms with van der Waals surface area (Å²) in [4.78, 5) is 45.8. The van der Waals surface area contributed by atoms with Gasteiger partial charge in [0.1, 0.15) is 12.6 Å². The molecule has 12 nitrogen and oxygen atoms in total. The number of rotatable bonds is 37. The highest BCUT2D eigenvalue weighted by Crippen LogP contribution is 2.43. The molecule has 0 saturated carbocycles. The van der Waals surface area contributed by atoms with E-state index in [1.807, 2.05) is 36.5 Å². The predicted octanol–water partition coefficient (Wildman–Crippen LogP) is 9.19. The summed E-state index contributed by atoms with van der Waals surface area (Å²) >= 11 is 0. The van der Waals surface area contributed by atoms with Crippen LogP contribution in [0.2, 0.25) is 0 Å². The average molecular weight is 786 g/mol. The van der Waals surface area contributed by atoms with Gasteiger partial charge in [0.15, 0.2) is 6.10 Å². The van der Waals surface area contributed by atoms with Crippen LogP contribution in [0.15, 0.2) is 48.6 Å². The van der Waals surface area contributed by atoms with Gasteiger partial charge in [0.2, 0.25) is 0 Å². The van der Waals surface area contributed by atoms with E-state index in [-0.39, 0.29) is 19.4 Å². The SMILES string of the molecule is CCCCCCCCCCCCCCC(=O)O[C@H](COC(=O)CCC/C=C\C/C=C\C/C=C\C=C\[C@H](O)CCCCC)COP(=O)(O)OC[C@H](N)C(=O)O. The molecule has 5 N–H and O–H groups in total. The van der Waals surface area contributed by atoms with Crippen molar-refractivity contribution in [2.45, 2.75) is 173 Å². The highest BCUT2D eigenvalue weighted by molar-refractivity contribution is 7.47. The van der Waals surface area contributed by atoms with Crippen LogP contribution < -0.4 is 5.73 Å². The maximum atomic E-state index is 12.6. The molecule has 0 heterocycles. The molecule has 0 rings (SSSR count). The summed E-state index contributed by atoms with van der Waals surface area (Å²) in [5.41, 5.74) is 5.31. The Morgan fingerprint density at radius 2 is 1.20 bits per heavy atom. The lowest BCUT2D eigenvalue weighted by Gasteiger charge is -2.20. The number of phosphoric ester groups is 1. The largest absolute Gasteiger partial charge is 0.480 e. The molecule has 0 radical (unpaired) electrons. The van der Waals surface area contributed by atoms with E-state index in [9.17, 15) is 28.9 Å². The number of esters is 2. The Kier molecular flexibility index (Phi) is 34.3. The first kappa shape index (κ1) is 51.4. The first-order valence-electron chi connectivity index (χ1n) is 20.3. The normalized spacial score (nSPS) is 14.9. The molecule has 0 bridgehead atoms. The summed E-state index contributed by atoms with van der Waals surface area (Å²) in [6, 6.07) is -1.53. The Bertz CT molecular complexity index is 1120. The number of carboxylic acids is 1. The summed E-state index contributed by atoms with van der Waals surface area (Å²) in [5.74, 6) is -2.48. The first-order chi connectivity index (χ1) is 26.0. The quantitative estimate of drug-likeness (QED) is 0.0154. The number of aliphatic hydroxyl groups is 1. The van der Waals surface area contributed by atoms with Crippen molar-refractivity contribution in [3.05, 3.63) is 48.6 Å². The van der Waals surface area contributed by atoms with Crippen molar-refractivity contribution < 1.29 is 52.6 Å². The van der Waals surface area contributed by atoms with Crippen molar-refractivity contribution in [3.8, 4) is 0 Å². The van der Waals surface area contributed by atoms with Gasteiger partial charge in [-0.25, -0.2) is 4.57 Å². The van der Waals surface area contributed by atoms with Crippen LogP contribution in [0.25, 0.3) is 0 Å². The Balaban J connectivity index is 4.53. The highest BCUT2D eigenvalue weighted by atomic mass is 31.2. The molecular weight excluding hydrogens is 713 g/mol. The van der Waals surface area contributed by atoms with E-state index in [2.05, 4.69) is 30.5 Å². The number of nitrogens with two attached hydrogens (primary N) is 1. The van der Waals surface area contributed by atoms with Crippen LogP contribution >= 0.6 is 7.82 Å². The highest BCUT2D eigenvalue weighted by Gasteiger charge is 2.28. The molecule has 13 heteroatoms. The fourth-order valence-corrected chi connectivity index (χ4v) is 5.95. The lowest BCUT2D eigenvalue weighted by atomic mass is 10.0. The number of aliphatic carboxylic acids is 1. The van der Waals surface area contributed by atoms with Crippen LogP contribution in [0.5, 0.6) is 0 Å². The fourth-order valence-electron chi connectivity index (χ4n) is 5.17. The van der Waals surface area contributed by atoms with Gasteiger partial charge in [0, 0.05) is 12.8 Å². The number of carboxylic acid groups (broad SMARTS) is 1. The Morgan fingerprint density at radius 3 is 1.83 bits per heavy atom. The minimum absolute atomic E-state index is 0.126. The van der Waals surface area contributed by atoms with Gasteiger partial charge in [-0.1, -0.05) is 152 Å². The number of ether oxygens (including phenoxy) is 2. The van der Waals surface area contributed by atoms with Crippen molar-refractivity contribution in [1.82, 2.24) is 0 Å². The van der Waals surface area contributed by atoms with Crippen molar-refractivity contribution in [2.24, 2.45) is 5.73 Å². The Labute approximate surface area is 325 Å². The number of phosphoric acid groups is 1. The molecule has 0 aliphatic carbocycles. The third-order valence-electron chi connectivity index (χ3n) is 8.43. The van der Waals surface area contributed by atoms with E-state index >= 15 is 0 Å². The fraction of sp³-hybridized carbons (Fsp3) is 0.732. The molecule has 0 aromatic rings. The molecule has 0 aliphatic heterocycles. The number of hydrogen-bond donors (Lipinski definition) is 4. The zero-order valence-corrected chi connectivity index (χ0v) is 34.1. The minimum atomic E-state index is -4.73. The van der Waals surface area contributed by atoms with Crippen LogP contribution in [0.1, 0.15) is 155 Å². The molecule has 0 fully saturated rings. The van der Waals surface area contributed by atoms with Gasteiger partial charge in [-0.15, -0.1) is 0 Å². The molecule has 312 valence electrons. The second kappa shape index (κ2) is 36.1. The van der Waals surface area contributed by atoms with Crippen LogP contribution in [-0.4, -0.2) is 71.1 Å². The third kappa shape index (κ3) is 35.1. The van der Waals surface area contributed by atoms with E-state index in [4.69, 9.17) is 24.8 Å².